The zero-order chi connectivity index (χ0) is 12.1. The van der Waals surface area contributed by atoms with E-state index in [0.29, 0.717) is 0 Å². The normalized spacial score (nSPS) is 21.5. The van der Waals surface area contributed by atoms with Crippen molar-refractivity contribution in [2.75, 3.05) is 0 Å². The Hall–Kier alpha value is -0.890. The number of nitrogens with zero attached hydrogens (tertiary/aromatic N) is 2. The molecule has 0 aromatic heterocycles. The number of azo groups is 1. The Balaban J connectivity index is 2.00. The lowest BCUT2D eigenvalue weighted by Crippen LogP contribution is -2.21. The van der Waals surface area contributed by atoms with Crippen molar-refractivity contribution in [2.45, 2.75) is 50.1 Å². The van der Waals surface area contributed by atoms with Crippen LogP contribution in [0, 0.1) is 0 Å². The SMILES string of the molecule is CC(N=NC1(Cl)CCCCC1)c1ccccc1. The molecule has 0 bridgehead atoms. The van der Waals surface area contributed by atoms with Gasteiger partial charge in [-0.2, -0.15) is 10.2 Å². The number of halogens is 1. The van der Waals surface area contributed by atoms with E-state index in [-0.39, 0.29) is 6.04 Å². The highest BCUT2D eigenvalue weighted by molar-refractivity contribution is 6.23. The number of alkyl halides is 1. The predicted molar refractivity (Wildman–Crippen MR) is 71.4 cm³/mol. The van der Waals surface area contributed by atoms with Crippen LogP contribution in [0.3, 0.4) is 0 Å². The Morgan fingerprint density at radius 1 is 1.12 bits per heavy atom. The molecule has 1 aliphatic carbocycles. The quantitative estimate of drug-likeness (QED) is 0.405. The van der Waals surface area contributed by atoms with Gasteiger partial charge in [-0.3, -0.25) is 0 Å². The Bertz CT molecular complexity index is 369. The molecule has 1 unspecified atom stereocenters. The first-order chi connectivity index (χ1) is 8.20. The van der Waals surface area contributed by atoms with Crippen LogP contribution >= 0.6 is 11.6 Å². The third kappa shape index (κ3) is 3.53. The Morgan fingerprint density at radius 3 is 2.41 bits per heavy atom. The smallest absolute Gasteiger partial charge is 0.154 e. The molecule has 2 nitrogen and oxygen atoms in total. The Morgan fingerprint density at radius 2 is 1.76 bits per heavy atom. The van der Waals surface area contributed by atoms with Gasteiger partial charge in [-0.15, -0.1) is 0 Å². The van der Waals surface area contributed by atoms with Crippen LogP contribution < -0.4 is 0 Å². The number of benzene rings is 1. The number of rotatable bonds is 3. The van der Waals surface area contributed by atoms with Gasteiger partial charge in [-0.25, -0.2) is 0 Å². The fourth-order valence-corrected chi connectivity index (χ4v) is 2.49. The molecule has 0 spiro atoms. The third-order valence-electron chi connectivity index (χ3n) is 3.31. The second kappa shape index (κ2) is 5.63. The van der Waals surface area contributed by atoms with E-state index in [1.807, 2.05) is 18.2 Å². The van der Waals surface area contributed by atoms with Crippen molar-refractivity contribution in [1.82, 2.24) is 0 Å². The first kappa shape index (κ1) is 12.6. The summed E-state index contributed by atoms with van der Waals surface area (Å²) in [6.45, 7) is 2.06. The molecule has 92 valence electrons. The molecule has 0 N–H and O–H groups in total. The maximum Gasteiger partial charge on any atom is 0.154 e. The van der Waals surface area contributed by atoms with Crippen LogP contribution in [-0.4, -0.2) is 5.00 Å². The molecule has 0 aliphatic heterocycles. The van der Waals surface area contributed by atoms with Gasteiger partial charge in [0.25, 0.3) is 0 Å². The Kier molecular flexibility index (Phi) is 4.16. The Labute approximate surface area is 108 Å². The van der Waals surface area contributed by atoms with E-state index in [1.54, 1.807) is 0 Å². The largest absolute Gasteiger partial charge is 0.184 e. The van der Waals surface area contributed by atoms with Gasteiger partial charge < -0.3 is 0 Å². The number of hydrogen-bond acceptors (Lipinski definition) is 2. The van der Waals surface area contributed by atoms with Gasteiger partial charge in [0.05, 0.1) is 6.04 Å². The molecule has 17 heavy (non-hydrogen) atoms. The van der Waals surface area contributed by atoms with E-state index in [4.69, 9.17) is 11.6 Å². The summed E-state index contributed by atoms with van der Waals surface area (Å²) in [5, 5.41) is 8.76. The maximum atomic E-state index is 6.45. The van der Waals surface area contributed by atoms with E-state index in [0.717, 1.165) is 12.8 Å². The van der Waals surface area contributed by atoms with Crippen molar-refractivity contribution in [3.63, 3.8) is 0 Å². The summed E-state index contributed by atoms with van der Waals surface area (Å²) in [5.74, 6) is 0. The average Bonchev–Trinajstić information content (AvgIpc) is 2.38. The van der Waals surface area contributed by atoms with E-state index >= 15 is 0 Å². The summed E-state index contributed by atoms with van der Waals surface area (Å²) < 4.78 is 0. The van der Waals surface area contributed by atoms with Crippen molar-refractivity contribution in [3.05, 3.63) is 35.9 Å². The topological polar surface area (TPSA) is 24.7 Å². The van der Waals surface area contributed by atoms with Gasteiger partial charge in [0.2, 0.25) is 0 Å². The first-order valence-electron chi connectivity index (χ1n) is 6.35. The molecule has 2 rings (SSSR count). The van der Waals surface area contributed by atoms with Crippen LogP contribution in [0.5, 0.6) is 0 Å². The highest BCUT2D eigenvalue weighted by Crippen LogP contribution is 2.36. The van der Waals surface area contributed by atoms with Gasteiger partial charge in [-0.1, -0.05) is 48.4 Å². The van der Waals surface area contributed by atoms with Gasteiger partial charge in [-0.05, 0) is 38.2 Å². The molecule has 0 saturated heterocycles. The highest BCUT2D eigenvalue weighted by atomic mass is 35.5. The molecule has 1 aromatic rings. The minimum Gasteiger partial charge on any atom is -0.184 e. The van der Waals surface area contributed by atoms with Crippen molar-refractivity contribution >= 4 is 11.6 Å². The lowest BCUT2D eigenvalue weighted by molar-refractivity contribution is 0.381. The fraction of sp³-hybridized carbons (Fsp3) is 0.571. The highest BCUT2D eigenvalue weighted by Gasteiger charge is 2.29. The van der Waals surface area contributed by atoms with Crippen molar-refractivity contribution < 1.29 is 0 Å². The van der Waals surface area contributed by atoms with Gasteiger partial charge in [0, 0.05) is 0 Å². The van der Waals surface area contributed by atoms with Gasteiger partial charge >= 0.3 is 0 Å². The molecule has 1 fully saturated rings. The van der Waals surface area contributed by atoms with Crippen LogP contribution in [0.15, 0.2) is 40.6 Å². The van der Waals surface area contributed by atoms with E-state index in [1.165, 1.54) is 24.8 Å². The second-order valence-corrected chi connectivity index (χ2v) is 5.48. The molecule has 0 heterocycles. The second-order valence-electron chi connectivity index (χ2n) is 4.78. The minimum absolute atomic E-state index is 0.0914. The van der Waals surface area contributed by atoms with E-state index in [9.17, 15) is 0 Å². The van der Waals surface area contributed by atoms with E-state index in [2.05, 4.69) is 29.3 Å². The van der Waals surface area contributed by atoms with Crippen LogP contribution in [0.1, 0.15) is 50.6 Å². The van der Waals surface area contributed by atoms with Gasteiger partial charge in [0.1, 0.15) is 0 Å². The van der Waals surface area contributed by atoms with Crippen LogP contribution in [0.4, 0.5) is 0 Å². The summed E-state index contributed by atoms with van der Waals surface area (Å²) in [4.78, 5) is -0.429. The number of hydrogen-bond donors (Lipinski definition) is 0. The lowest BCUT2D eigenvalue weighted by atomic mass is 9.95. The minimum atomic E-state index is -0.429. The summed E-state index contributed by atoms with van der Waals surface area (Å²) >= 11 is 6.45. The molecule has 1 aromatic carbocycles. The van der Waals surface area contributed by atoms with Crippen molar-refractivity contribution in [3.8, 4) is 0 Å². The fourth-order valence-electron chi connectivity index (χ4n) is 2.18. The molecule has 1 atom stereocenters. The van der Waals surface area contributed by atoms with Crippen LogP contribution in [0.25, 0.3) is 0 Å². The molecule has 1 aliphatic rings. The van der Waals surface area contributed by atoms with Crippen LogP contribution in [0.2, 0.25) is 0 Å². The van der Waals surface area contributed by atoms with Gasteiger partial charge in [0.15, 0.2) is 5.00 Å². The summed E-state index contributed by atoms with van der Waals surface area (Å²) in [7, 11) is 0. The monoisotopic (exact) mass is 250 g/mol. The molecule has 0 radical (unpaired) electrons. The molecular weight excluding hydrogens is 232 g/mol. The average molecular weight is 251 g/mol. The molecule has 3 heteroatoms. The summed E-state index contributed by atoms with van der Waals surface area (Å²) in [6.07, 6.45) is 5.53. The molecule has 0 amide bonds. The molecular formula is C14H19ClN2. The summed E-state index contributed by atoms with van der Waals surface area (Å²) in [5.41, 5.74) is 1.19. The predicted octanol–water partition coefficient (Wildman–Crippen LogP) is 5.10. The lowest BCUT2D eigenvalue weighted by Gasteiger charge is -2.25. The standard InChI is InChI=1S/C14H19ClN2/c1-12(13-8-4-2-5-9-13)16-17-14(15)10-6-3-7-11-14/h2,4-5,8-9,12H,3,6-7,10-11H2,1H3. The van der Waals surface area contributed by atoms with E-state index < -0.39 is 5.00 Å². The maximum absolute atomic E-state index is 6.45. The van der Waals surface area contributed by atoms with Crippen molar-refractivity contribution in [2.24, 2.45) is 10.2 Å². The van der Waals surface area contributed by atoms with Crippen molar-refractivity contribution in [1.29, 1.82) is 0 Å². The first-order valence-corrected chi connectivity index (χ1v) is 6.73. The zero-order valence-electron chi connectivity index (χ0n) is 10.3. The third-order valence-corrected chi connectivity index (χ3v) is 3.77. The molecule has 1 saturated carbocycles. The summed E-state index contributed by atoms with van der Waals surface area (Å²) in [6, 6.07) is 10.3. The van der Waals surface area contributed by atoms with Crippen LogP contribution in [-0.2, 0) is 0 Å². The zero-order valence-corrected chi connectivity index (χ0v) is 11.0.